The first kappa shape index (κ1) is 25.6. The second-order valence-corrected chi connectivity index (χ2v) is 10.3. The van der Waals surface area contributed by atoms with Crippen molar-refractivity contribution in [2.24, 2.45) is 0 Å². The standard InChI is InChI=1S/C21H13N2O2S.C9H7NO.Rh/c24-26(25)20-5-2-1-4-18(20)19-11-8-16(14-21(19)26)15-6-9-17(10-7-15)23-13-3-12-22-23;1-2-4-8(5-3-1)9-10-6-7-11-9;/h1-9,11-14H;1-4,6-7,9H;/q-1;-2;+3. The van der Waals surface area contributed by atoms with E-state index >= 15 is 0 Å². The first-order chi connectivity index (χ1) is 18.1. The number of ether oxygens (including phenoxy) is 1. The molecule has 0 saturated heterocycles. The van der Waals surface area contributed by atoms with E-state index in [1.165, 1.54) is 0 Å². The van der Waals surface area contributed by atoms with Gasteiger partial charge >= 0.3 is 19.5 Å². The van der Waals surface area contributed by atoms with Crippen LogP contribution in [0.25, 0.3) is 33.3 Å². The molecule has 0 spiro atoms. The van der Waals surface area contributed by atoms with Crippen LogP contribution in [-0.2, 0) is 34.1 Å². The van der Waals surface area contributed by atoms with Crippen molar-refractivity contribution in [3.63, 3.8) is 0 Å². The molecule has 0 amide bonds. The van der Waals surface area contributed by atoms with Crippen LogP contribution in [0.1, 0.15) is 11.8 Å². The van der Waals surface area contributed by atoms with Gasteiger partial charge in [-0.25, -0.2) is 8.42 Å². The van der Waals surface area contributed by atoms with Crippen molar-refractivity contribution in [1.82, 2.24) is 9.78 Å². The summed E-state index contributed by atoms with van der Waals surface area (Å²) in [4.78, 5) is 0.750. The van der Waals surface area contributed by atoms with Crippen molar-refractivity contribution in [2.75, 3.05) is 0 Å². The molecule has 4 aromatic carbocycles. The molecule has 38 heavy (non-hydrogen) atoms. The fraction of sp³-hybridized carbons (Fsp3) is 0.0333. The zero-order chi connectivity index (χ0) is 25.2. The Kier molecular flexibility index (Phi) is 7.27. The van der Waals surface area contributed by atoms with Crippen LogP contribution in [-0.4, -0.2) is 18.2 Å². The Bertz CT molecular complexity index is 1680. The number of hydrogen-bond acceptors (Lipinski definition) is 4. The van der Waals surface area contributed by atoms with Crippen molar-refractivity contribution in [3.8, 4) is 27.9 Å². The van der Waals surface area contributed by atoms with Crippen LogP contribution < -0.4 is 0 Å². The normalized spacial score (nSPS) is 15.6. The van der Waals surface area contributed by atoms with E-state index in [1.54, 1.807) is 41.5 Å². The molecule has 0 aliphatic carbocycles. The van der Waals surface area contributed by atoms with E-state index in [1.807, 2.05) is 79.0 Å². The van der Waals surface area contributed by atoms with Crippen LogP contribution in [0.5, 0.6) is 0 Å². The molecule has 1 unspecified atom stereocenters. The smallest absolute Gasteiger partial charge is 0.651 e. The Balaban J connectivity index is 0.000000206. The first-order valence-corrected chi connectivity index (χ1v) is 13.1. The maximum atomic E-state index is 12.8. The zero-order valence-electron chi connectivity index (χ0n) is 19.9. The van der Waals surface area contributed by atoms with E-state index in [4.69, 9.17) is 4.74 Å². The fourth-order valence-electron chi connectivity index (χ4n) is 4.31. The topological polar surface area (TPSA) is 75.3 Å². The summed E-state index contributed by atoms with van der Waals surface area (Å²) in [6.07, 6.45) is 6.64. The largest absolute Gasteiger partial charge is 3.00 e. The molecule has 7 rings (SSSR count). The number of benzene rings is 4. The molecule has 0 radical (unpaired) electrons. The molecule has 0 fully saturated rings. The van der Waals surface area contributed by atoms with Crippen LogP contribution in [0.2, 0.25) is 0 Å². The van der Waals surface area contributed by atoms with Gasteiger partial charge in [-0.3, -0.25) is 4.68 Å². The molecule has 1 atom stereocenters. The molecule has 6 nitrogen and oxygen atoms in total. The van der Waals surface area contributed by atoms with Gasteiger partial charge in [-0.1, -0.05) is 35.9 Å². The molecular weight excluding hydrogens is 585 g/mol. The van der Waals surface area contributed by atoms with Gasteiger partial charge in [0.25, 0.3) is 0 Å². The summed E-state index contributed by atoms with van der Waals surface area (Å²) >= 11 is 0. The summed E-state index contributed by atoms with van der Waals surface area (Å²) in [5.74, 6) is 0. The predicted molar refractivity (Wildman–Crippen MR) is 140 cm³/mol. The van der Waals surface area contributed by atoms with Crippen LogP contribution in [0.15, 0.2) is 126 Å². The average Bonchev–Trinajstić information content (AvgIpc) is 3.72. The predicted octanol–water partition coefficient (Wildman–Crippen LogP) is 6.51. The quantitative estimate of drug-likeness (QED) is 0.170. The second-order valence-electron chi connectivity index (χ2n) is 8.36. The molecule has 188 valence electrons. The molecule has 2 aliphatic rings. The molecule has 3 heterocycles. The third-order valence-electron chi connectivity index (χ3n) is 6.11. The van der Waals surface area contributed by atoms with E-state index in [0.29, 0.717) is 9.79 Å². The Hall–Kier alpha value is -4.00. The van der Waals surface area contributed by atoms with Crippen molar-refractivity contribution < 1.29 is 32.6 Å². The van der Waals surface area contributed by atoms with E-state index in [9.17, 15) is 8.42 Å². The van der Waals surface area contributed by atoms with Gasteiger partial charge in [0.15, 0.2) is 0 Å². The Labute approximate surface area is 234 Å². The number of rotatable bonds is 3. The van der Waals surface area contributed by atoms with Gasteiger partial charge in [0.1, 0.15) is 0 Å². The number of nitrogens with zero attached hydrogens (tertiary/aromatic N) is 3. The molecule has 1 aromatic heterocycles. The van der Waals surface area contributed by atoms with Gasteiger partial charge in [-0.05, 0) is 23.9 Å². The summed E-state index contributed by atoms with van der Waals surface area (Å²) in [5, 5.41) is 8.26. The van der Waals surface area contributed by atoms with E-state index in [0.717, 1.165) is 33.5 Å². The summed E-state index contributed by atoms with van der Waals surface area (Å²) < 4.78 is 32.6. The molecule has 0 N–H and O–H groups in total. The molecule has 0 bridgehead atoms. The molecular formula is C30H20N3O3RhS. The van der Waals surface area contributed by atoms with Gasteiger partial charge < -0.3 is 10.1 Å². The zero-order valence-corrected chi connectivity index (χ0v) is 22.3. The molecule has 2 aliphatic heterocycles. The SMILES string of the molecule is O=S1(=O)c2ccccc2-c2ccc(-c3c[c-]c(-n4cccn4)cc3)cc21.[Rh+3].[c-]1ccccc1C1[N-]C=CO1. The maximum absolute atomic E-state index is 12.8. The summed E-state index contributed by atoms with van der Waals surface area (Å²) in [7, 11) is -3.46. The van der Waals surface area contributed by atoms with Gasteiger partial charge in [0, 0.05) is 29.7 Å². The second kappa shape index (κ2) is 10.8. The number of fused-ring (bicyclic) bond motifs is 3. The monoisotopic (exact) mass is 605 g/mol. The Morgan fingerprint density at radius 1 is 0.868 bits per heavy atom. The molecule has 5 aromatic rings. The minimum atomic E-state index is -3.46. The minimum absolute atomic E-state index is 0. The van der Waals surface area contributed by atoms with Crippen molar-refractivity contribution in [1.29, 1.82) is 0 Å². The van der Waals surface area contributed by atoms with Crippen molar-refractivity contribution in [2.45, 2.75) is 16.0 Å². The summed E-state index contributed by atoms with van der Waals surface area (Å²) in [5.41, 5.74) is 5.10. The number of aromatic nitrogens is 2. The number of sulfone groups is 1. The Morgan fingerprint density at radius 3 is 2.39 bits per heavy atom. The van der Waals surface area contributed by atoms with E-state index in [-0.39, 0.29) is 25.7 Å². The van der Waals surface area contributed by atoms with Crippen LogP contribution >= 0.6 is 0 Å². The molecule has 0 saturated carbocycles. The van der Waals surface area contributed by atoms with Crippen LogP contribution in [0.4, 0.5) is 0 Å². The third-order valence-corrected chi connectivity index (χ3v) is 7.96. The van der Waals surface area contributed by atoms with Crippen LogP contribution in [0, 0.1) is 12.1 Å². The van der Waals surface area contributed by atoms with E-state index in [2.05, 4.69) is 22.5 Å². The van der Waals surface area contributed by atoms with Crippen molar-refractivity contribution >= 4 is 9.84 Å². The first-order valence-electron chi connectivity index (χ1n) is 11.6. The van der Waals surface area contributed by atoms with Crippen LogP contribution in [0.3, 0.4) is 0 Å². The maximum Gasteiger partial charge on any atom is 3.00 e. The van der Waals surface area contributed by atoms with E-state index < -0.39 is 9.84 Å². The van der Waals surface area contributed by atoms with Gasteiger partial charge in [0.2, 0.25) is 9.84 Å². The number of hydrogen-bond donors (Lipinski definition) is 0. The molecule has 8 heteroatoms. The minimum Gasteiger partial charge on any atom is -0.651 e. The van der Waals surface area contributed by atoms with Crippen molar-refractivity contribution in [3.05, 3.63) is 139 Å². The summed E-state index contributed by atoms with van der Waals surface area (Å²) in [6.45, 7) is 0. The average molecular weight is 605 g/mol. The van der Waals surface area contributed by atoms with Gasteiger partial charge in [0.05, 0.1) is 16.1 Å². The van der Waals surface area contributed by atoms with Gasteiger partial charge in [-0.2, -0.15) is 53.6 Å². The van der Waals surface area contributed by atoms with Gasteiger partial charge in [-0.15, -0.1) is 23.4 Å². The summed E-state index contributed by atoms with van der Waals surface area (Å²) in [6, 6.07) is 34.2. The third kappa shape index (κ3) is 4.81. The Morgan fingerprint density at radius 2 is 1.68 bits per heavy atom. The fourth-order valence-corrected chi connectivity index (χ4v) is 6.02.